The number of amides is 1. The van der Waals surface area contributed by atoms with E-state index in [2.05, 4.69) is 5.32 Å². The van der Waals surface area contributed by atoms with E-state index >= 15 is 0 Å². The number of ether oxygens (including phenoxy) is 1. The third kappa shape index (κ3) is 3.92. The van der Waals surface area contributed by atoms with Gasteiger partial charge < -0.3 is 15.8 Å². The van der Waals surface area contributed by atoms with Crippen LogP contribution in [0.5, 0.6) is 0 Å². The molecule has 5 heteroatoms. The van der Waals surface area contributed by atoms with E-state index in [4.69, 9.17) is 10.5 Å². The number of halogens is 1. The van der Waals surface area contributed by atoms with Crippen molar-refractivity contribution >= 4 is 18.3 Å². The van der Waals surface area contributed by atoms with Gasteiger partial charge in [0.1, 0.15) is 0 Å². The molecule has 1 fully saturated rings. The molecule has 4 nitrogen and oxygen atoms in total. The number of nitrogens with two attached hydrogens (primary N) is 1. The number of hydrogen-bond donors (Lipinski definition) is 2. The summed E-state index contributed by atoms with van der Waals surface area (Å²) in [6.45, 7) is 7.47. The third-order valence-corrected chi connectivity index (χ3v) is 3.05. The van der Waals surface area contributed by atoms with Crippen molar-refractivity contribution in [2.45, 2.75) is 39.2 Å². The summed E-state index contributed by atoms with van der Waals surface area (Å²) in [5, 5.41) is 2.91. The highest BCUT2D eigenvalue weighted by Gasteiger charge is 2.32. The Morgan fingerprint density at radius 2 is 2.19 bits per heavy atom. The lowest BCUT2D eigenvalue weighted by Gasteiger charge is -2.27. The highest BCUT2D eigenvalue weighted by molar-refractivity contribution is 5.85. The highest BCUT2D eigenvalue weighted by Crippen LogP contribution is 2.24. The number of carbonyl (C=O) groups is 1. The van der Waals surface area contributed by atoms with Crippen molar-refractivity contribution in [3.05, 3.63) is 0 Å². The molecule has 1 rings (SSSR count). The largest absolute Gasteiger partial charge is 0.373 e. The molecule has 0 bridgehead atoms. The van der Waals surface area contributed by atoms with E-state index in [0.29, 0.717) is 13.1 Å². The predicted molar refractivity (Wildman–Crippen MR) is 66.7 cm³/mol. The van der Waals surface area contributed by atoms with Crippen LogP contribution >= 0.6 is 12.4 Å². The Balaban J connectivity index is 0.00000225. The zero-order valence-electron chi connectivity index (χ0n) is 10.3. The summed E-state index contributed by atoms with van der Waals surface area (Å²) < 4.78 is 5.59. The smallest absolute Gasteiger partial charge is 0.227 e. The Kier molecular flexibility index (Phi) is 5.73. The van der Waals surface area contributed by atoms with Crippen molar-refractivity contribution < 1.29 is 9.53 Å². The minimum absolute atomic E-state index is 0. The van der Waals surface area contributed by atoms with Crippen LogP contribution in [0.3, 0.4) is 0 Å². The molecule has 1 saturated heterocycles. The molecule has 1 unspecified atom stereocenters. The molecule has 96 valence electrons. The quantitative estimate of drug-likeness (QED) is 0.785. The fraction of sp³-hybridized carbons (Fsp3) is 0.909. The summed E-state index contributed by atoms with van der Waals surface area (Å²) in [6, 6.07) is 0. The number of rotatable bonds is 4. The van der Waals surface area contributed by atoms with E-state index in [1.54, 1.807) is 0 Å². The maximum absolute atomic E-state index is 11.7. The van der Waals surface area contributed by atoms with E-state index in [-0.39, 0.29) is 23.9 Å². The minimum Gasteiger partial charge on any atom is -0.373 e. The second-order valence-electron chi connectivity index (χ2n) is 5.17. The Labute approximate surface area is 104 Å². The van der Waals surface area contributed by atoms with E-state index < -0.39 is 5.41 Å². The topological polar surface area (TPSA) is 64.4 Å². The van der Waals surface area contributed by atoms with Crippen molar-refractivity contribution in [2.75, 3.05) is 19.7 Å². The molecular weight excluding hydrogens is 228 g/mol. The van der Waals surface area contributed by atoms with Crippen LogP contribution in [0.2, 0.25) is 0 Å². The normalized spacial score (nSPS) is 25.0. The zero-order valence-corrected chi connectivity index (χ0v) is 11.2. The second-order valence-corrected chi connectivity index (χ2v) is 5.17. The van der Waals surface area contributed by atoms with Crippen LogP contribution in [0.15, 0.2) is 0 Å². The van der Waals surface area contributed by atoms with Crippen LogP contribution in [-0.4, -0.2) is 31.2 Å². The summed E-state index contributed by atoms with van der Waals surface area (Å²) in [6.07, 6.45) is 2.09. The SMILES string of the molecule is CC1(CNC(=O)C(C)(C)CN)CCCO1.Cl. The van der Waals surface area contributed by atoms with Gasteiger partial charge in [-0.2, -0.15) is 0 Å². The molecule has 16 heavy (non-hydrogen) atoms. The number of hydrogen-bond acceptors (Lipinski definition) is 3. The van der Waals surface area contributed by atoms with Crippen molar-refractivity contribution in [2.24, 2.45) is 11.1 Å². The van der Waals surface area contributed by atoms with Gasteiger partial charge >= 0.3 is 0 Å². The second kappa shape index (κ2) is 5.84. The van der Waals surface area contributed by atoms with Crippen molar-refractivity contribution in [1.82, 2.24) is 5.32 Å². The Hall–Kier alpha value is -0.320. The minimum atomic E-state index is -0.491. The van der Waals surface area contributed by atoms with Crippen molar-refractivity contribution in [3.63, 3.8) is 0 Å². The van der Waals surface area contributed by atoms with E-state index in [0.717, 1.165) is 19.4 Å². The van der Waals surface area contributed by atoms with E-state index in [9.17, 15) is 4.79 Å². The summed E-state index contributed by atoms with van der Waals surface area (Å²) >= 11 is 0. The van der Waals surface area contributed by atoms with Gasteiger partial charge in [-0.25, -0.2) is 0 Å². The van der Waals surface area contributed by atoms with Gasteiger partial charge in [0.2, 0.25) is 5.91 Å². The molecule has 1 aliphatic heterocycles. The molecule has 0 spiro atoms. The summed E-state index contributed by atoms with van der Waals surface area (Å²) in [7, 11) is 0. The standard InChI is InChI=1S/C11H22N2O2.ClH/c1-10(2,7-12)9(14)13-8-11(3)5-4-6-15-11;/h4-8,12H2,1-3H3,(H,13,14);1H. The molecule has 0 aromatic rings. The van der Waals surface area contributed by atoms with Crippen molar-refractivity contribution in [3.8, 4) is 0 Å². The Morgan fingerprint density at radius 3 is 2.62 bits per heavy atom. The molecule has 0 aliphatic carbocycles. The lowest BCUT2D eigenvalue weighted by atomic mass is 9.92. The highest BCUT2D eigenvalue weighted by atomic mass is 35.5. The van der Waals surface area contributed by atoms with Crippen LogP contribution in [0.25, 0.3) is 0 Å². The molecular formula is C11H23ClN2O2. The van der Waals surface area contributed by atoms with Crippen LogP contribution in [-0.2, 0) is 9.53 Å². The monoisotopic (exact) mass is 250 g/mol. The molecule has 1 heterocycles. The molecule has 3 N–H and O–H groups in total. The maximum Gasteiger partial charge on any atom is 0.227 e. The van der Waals surface area contributed by atoms with Crippen LogP contribution in [0.1, 0.15) is 33.6 Å². The van der Waals surface area contributed by atoms with Gasteiger partial charge in [0.05, 0.1) is 11.0 Å². The summed E-state index contributed by atoms with van der Waals surface area (Å²) in [5.74, 6) is 0.00160. The lowest BCUT2D eigenvalue weighted by Crippen LogP contribution is -2.47. The first-order valence-electron chi connectivity index (χ1n) is 5.52. The van der Waals surface area contributed by atoms with Crippen LogP contribution < -0.4 is 11.1 Å². The first-order chi connectivity index (χ1) is 6.90. The van der Waals surface area contributed by atoms with Gasteiger partial charge in [-0.15, -0.1) is 12.4 Å². The maximum atomic E-state index is 11.7. The molecule has 1 amide bonds. The summed E-state index contributed by atoms with van der Waals surface area (Å²) in [4.78, 5) is 11.7. The Morgan fingerprint density at radius 1 is 1.56 bits per heavy atom. The number of nitrogens with one attached hydrogen (secondary N) is 1. The van der Waals surface area contributed by atoms with Crippen LogP contribution in [0.4, 0.5) is 0 Å². The predicted octanol–water partition coefficient (Wildman–Crippen LogP) is 1.08. The fourth-order valence-corrected chi connectivity index (χ4v) is 1.58. The lowest BCUT2D eigenvalue weighted by molar-refractivity contribution is -0.130. The molecule has 0 aromatic heterocycles. The Bertz CT molecular complexity index is 238. The van der Waals surface area contributed by atoms with Crippen LogP contribution in [0, 0.1) is 5.41 Å². The molecule has 0 saturated carbocycles. The van der Waals surface area contributed by atoms with E-state index in [1.807, 2.05) is 20.8 Å². The molecule has 1 aliphatic rings. The molecule has 1 atom stereocenters. The third-order valence-electron chi connectivity index (χ3n) is 3.05. The van der Waals surface area contributed by atoms with Gasteiger partial charge in [0.15, 0.2) is 0 Å². The fourth-order valence-electron chi connectivity index (χ4n) is 1.58. The van der Waals surface area contributed by atoms with Gasteiger partial charge in [0.25, 0.3) is 0 Å². The molecule has 0 aromatic carbocycles. The average molecular weight is 251 g/mol. The molecule has 0 radical (unpaired) electrons. The van der Waals surface area contributed by atoms with Gasteiger partial charge in [-0.05, 0) is 33.6 Å². The van der Waals surface area contributed by atoms with Gasteiger partial charge in [-0.3, -0.25) is 4.79 Å². The first kappa shape index (κ1) is 15.7. The van der Waals surface area contributed by atoms with Crippen molar-refractivity contribution in [1.29, 1.82) is 0 Å². The zero-order chi connectivity index (χ0) is 11.5. The summed E-state index contributed by atoms with van der Waals surface area (Å²) in [5.41, 5.74) is 4.86. The average Bonchev–Trinajstić information content (AvgIpc) is 2.62. The van der Waals surface area contributed by atoms with E-state index in [1.165, 1.54) is 0 Å². The number of carbonyl (C=O) groups excluding carboxylic acids is 1. The van der Waals surface area contributed by atoms with Gasteiger partial charge in [0, 0.05) is 19.7 Å². The first-order valence-corrected chi connectivity index (χ1v) is 5.52. The van der Waals surface area contributed by atoms with Gasteiger partial charge in [-0.1, -0.05) is 0 Å².